The van der Waals surface area contributed by atoms with Crippen molar-refractivity contribution in [1.82, 2.24) is 10.2 Å². The van der Waals surface area contributed by atoms with Crippen molar-refractivity contribution < 1.29 is 0 Å². The summed E-state index contributed by atoms with van der Waals surface area (Å²) in [5.74, 6) is 1.67. The van der Waals surface area contributed by atoms with Crippen molar-refractivity contribution >= 4 is 0 Å². The van der Waals surface area contributed by atoms with E-state index in [1.165, 1.54) is 45.1 Å². The molecule has 0 aromatic rings. The molecule has 0 aromatic heterocycles. The van der Waals surface area contributed by atoms with Gasteiger partial charge in [-0.15, -0.1) is 0 Å². The van der Waals surface area contributed by atoms with Crippen molar-refractivity contribution in [1.29, 1.82) is 0 Å². The SMILES string of the molecule is CC1CCCC(N(C)C(CNC2CC2)C(C)C)C1. The molecule has 0 heterocycles. The average molecular weight is 252 g/mol. The Morgan fingerprint density at radius 3 is 2.44 bits per heavy atom. The Hall–Kier alpha value is -0.0800. The average Bonchev–Trinajstić information content (AvgIpc) is 3.12. The van der Waals surface area contributed by atoms with Gasteiger partial charge in [-0.1, -0.05) is 33.6 Å². The molecule has 3 unspecified atom stereocenters. The summed E-state index contributed by atoms with van der Waals surface area (Å²) in [6.45, 7) is 8.36. The third-order valence-corrected chi connectivity index (χ3v) is 4.97. The Bertz CT molecular complexity index is 247. The van der Waals surface area contributed by atoms with Crippen LogP contribution in [-0.2, 0) is 0 Å². The molecule has 1 N–H and O–H groups in total. The zero-order chi connectivity index (χ0) is 13.1. The van der Waals surface area contributed by atoms with Crippen molar-refractivity contribution in [3.05, 3.63) is 0 Å². The highest BCUT2D eigenvalue weighted by Gasteiger charge is 2.30. The van der Waals surface area contributed by atoms with Gasteiger partial charge in [0.25, 0.3) is 0 Å². The zero-order valence-corrected chi connectivity index (χ0v) is 12.8. The van der Waals surface area contributed by atoms with E-state index in [1.807, 2.05) is 0 Å². The summed E-state index contributed by atoms with van der Waals surface area (Å²) in [6, 6.07) is 2.37. The summed E-state index contributed by atoms with van der Waals surface area (Å²) in [5, 5.41) is 3.73. The minimum atomic E-state index is 0.709. The van der Waals surface area contributed by atoms with Crippen LogP contribution in [0.25, 0.3) is 0 Å². The highest BCUT2D eigenvalue weighted by molar-refractivity contribution is 4.87. The smallest absolute Gasteiger partial charge is 0.0243 e. The van der Waals surface area contributed by atoms with Gasteiger partial charge in [0.1, 0.15) is 0 Å². The van der Waals surface area contributed by atoms with Gasteiger partial charge in [-0.3, -0.25) is 4.90 Å². The summed E-state index contributed by atoms with van der Waals surface area (Å²) in [7, 11) is 2.36. The Labute approximate surface area is 114 Å². The molecule has 2 saturated carbocycles. The largest absolute Gasteiger partial charge is 0.312 e. The second-order valence-corrected chi connectivity index (χ2v) is 7.08. The van der Waals surface area contributed by atoms with Gasteiger partial charge in [-0.05, 0) is 44.6 Å². The molecule has 18 heavy (non-hydrogen) atoms. The van der Waals surface area contributed by atoms with E-state index in [1.54, 1.807) is 0 Å². The maximum absolute atomic E-state index is 3.73. The molecule has 2 heteroatoms. The molecule has 0 spiro atoms. The maximum atomic E-state index is 3.73. The molecular weight excluding hydrogens is 220 g/mol. The van der Waals surface area contributed by atoms with Gasteiger partial charge < -0.3 is 5.32 Å². The van der Waals surface area contributed by atoms with Crippen molar-refractivity contribution in [2.75, 3.05) is 13.6 Å². The molecule has 2 aliphatic carbocycles. The second-order valence-electron chi connectivity index (χ2n) is 7.08. The van der Waals surface area contributed by atoms with Gasteiger partial charge in [-0.25, -0.2) is 0 Å². The normalized spacial score (nSPS) is 31.0. The lowest BCUT2D eigenvalue weighted by Crippen LogP contribution is -2.49. The van der Waals surface area contributed by atoms with Crippen LogP contribution in [0.4, 0.5) is 0 Å². The van der Waals surface area contributed by atoms with Crippen LogP contribution in [0.15, 0.2) is 0 Å². The molecule has 2 aliphatic rings. The van der Waals surface area contributed by atoms with Crippen LogP contribution in [0.5, 0.6) is 0 Å². The lowest BCUT2D eigenvalue weighted by atomic mass is 9.85. The standard InChI is InChI=1S/C16H32N2/c1-12(2)16(11-17-14-8-9-14)18(4)15-7-5-6-13(3)10-15/h12-17H,5-11H2,1-4H3. The Morgan fingerprint density at radius 2 is 1.89 bits per heavy atom. The summed E-state index contributed by atoms with van der Waals surface area (Å²) in [6.07, 6.45) is 8.48. The fourth-order valence-electron chi connectivity index (χ4n) is 3.47. The van der Waals surface area contributed by atoms with Crippen molar-refractivity contribution in [2.24, 2.45) is 11.8 Å². The molecule has 106 valence electrons. The predicted molar refractivity (Wildman–Crippen MR) is 78.8 cm³/mol. The van der Waals surface area contributed by atoms with Crippen LogP contribution < -0.4 is 5.32 Å². The van der Waals surface area contributed by atoms with E-state index in [2.05, 4.69) is 38.0 Å². The number of nitrogens with one attached hydrogen (secondary N) is 1. The van der Waals surface area contributed by atoms with Crippen molar-refractivity contribution in [3.63, 3.8) is 0 Å². The van der Waals surface area contributed by atoms with E-state index in [-0.39, 0.29) is 0 Å². The topological polar surface area (TPSA) is 15.3 Å². The van der Waals surface area contributed by atoms with E-state index in [9.17, 15) is 0 Å². The first kappa shape index (κ1) is 14.3. The van der Waals surface area contributed by atoms with Gasteiger partial charge in [0.15, 0.2) is 0 Å². The van der Waals surface area contributed by atoms with Crippen LogP contribution in [-0.4, -0.2) is 36.6 Å². The lowest BCUT2D eigenvalue weighted by Gasteiger charge is -2.41. The predicted octanol–water partition coefficient (Wildman–Crippen LogP) is 3.27. The van der Waals surface area contributed by atoms with Crippen molar-refractivity contribution in [3.8, 4) is 0 Å². The highest BCUT2D eigenvalue weighted by Crippen LogP contribution is 2.29. The Morgan fingerprint density at radius 1 is 1.17 bits per heavy atom. The molecule has 2 nitrogen and oxygen atoms in total. The van der Waals surface area contributed by atoms with Gasteiger partial charge in [0.05, 0.1) is 0 Å². The summed E-state index contributed by atoms with van der Waals surface area (Å²) >= 11 is 0. The summed E-state index contributed by atoms with van der Waals surface area (Å²) in [4.78, 5) is 2.69. The second kappa shape index (κ2) is 6.38. The summed E-state index contributed by atoms with van der Waals surface area (Å²) < 4.78 is 0. The van der Waals surface area contributed by atoms with Crippen LogP contribution >= 0.6 is 0 Å². The molecule has 0 amide bonds. The zero-order valence-electron chi connectivity index (χ0n) is 12.8. The summed E-state index contributed by atoms with van der Waals surface area (Å²) in [5.41, 5.74) is 0. The fraction of sp³-hybridized carbons (Fsp3) is 1.00. The van der Waals surface area contributed by atoms with Crippen LogP contribution in [0.2, 0.25) is 0 Å². The van der Waals surface area contributed by atoms with E-state index >= 15 is 0 Å². The molecule has 2 rings (SSSR count). The Balaban J connectivity index is 1.86. The quantitative estimate of drug-likeness (QED) is 0.780. The van der Waals surface area contributed by atoms with Gasteiger partial charge in [0.2, 0.25) is 0 Å². The van der Waals surface area contributed by atoms with E-state index in [4.69, 9.17) is 0 Å². The molecule has 3 atom stereocenters. The molecule has 2 fully saturated rings. The monoisotopic (exact) mass is 252 g/mol. The first-order valence-corrected chi connectivity index (χ1v) is 8.03. The van der Waals surface area contributed by atoms with Gasteiger partial charge >= 0.3 is 0 Å². The van der Waals surface area contributed by atoms with E-state index in [0.717, 1.165) is 23.9 Å². The van der Waals surface area contributed by atoms with Crippen LogP contribution in [0.1, 0.15) is 59.3 Å². The number of hydrogen-bond donors (Lipinski definition) is 1. The first-order valence-electron chi connectivity index (χ1n) is 8.03. The number of hydrogen-bond acceptors (Lipinski definition) is 2. The third kappa shape index (κ3) is 3.96. The van der Waals surface area contributed by atoms with Gasteiger partial charge in [-0.2, -0.15) is 0 Å². The minimum Gasteiger partial charge on any atom is -0.312 e. The van der Waals surface area contributed by atoms with E-state index in [0.29, 0.717) is 6.04 Å². The van der Waals surface area contributed by atoms with E-state index < -0.39 is 0 Å². The number of rotatable bonds is 6. The fourth-order valence-corrected chi connectivity index (χ4v) is 3.47. The lowest BCUT2D eigenvalue weighted by molar-refractivity contribution is 0.0919. The molecule has 0 bridgehead atoms. The number of likely N-dealkylation sites (N-methyl/N-ethyl adjacent to an activating group) is 1. The van der Waals surface area contributed by atoms with Gasteiger partial charge in [0, 0.05) is 24.7 Å². The van der Waals surface area contributed by atoms with Crippen LogP contribution in [0, 0.1) is 11.8 Å². The molecular formula is C16H32N2. The minimum absolute atomic E-state index is 0.709. The molecule has 0 radical (unpaired) electrons. The number of nitrogens with zero attached hydrogens (tertiary/aromatic N) is 1. The molecule has 0 aliphatic heterocycles. The molecule has 0 saturated heterocycles. The first-order chi connectivity index (χ1) is 8.58. The molecule has 0 aromatic carbocycles. The van der Waals surface area contributed by atoms with Crippen LogP contribution in [0.3, 0.4) is 0 Å². The third-order valence-electron chi connectivity index (χ3n) is 4.97. The highest BCUT2D eigenvalue weighted by atomic mass is 15.2. The Kier molecular flexibility index (Phi) is 5.08. The van der Waals surface area contributed by atoms with Crippen molar-refractivity contribution in [2.45, 2.75) is 77.4 Å². The maximum Gasteiger partial charge on any atom is 0.0243 e.